The Morgan fingerprint density at radius 1 is 1.40 bits per heavy atom. The second-order valence-electron chi connectivity index (χ2n) is 4.50. The number of thioether (sulfide) groups is 1. The summed E-state index contributed by atoms with van der Waals surface area (Å²) >= 11 is 6.62. The summed E-state index contributed by atoms with van der Waals surface area (Å²) in [6.45, 7) is 3.60. The van der Waals surface area contributed by atoms with Gasteiger partial charge in [-0.05, 0) is 12.1 Å². The van der Waals surface area contributed by atoms with Gasteiger partial charge in [0.1, 0.15) is 10.1 Å². The third-order valence-electron chi connectivity index (χ3n) is 3.14. The van der Waals surface area contributed by atoms with E-state index in [2.05, 4.69) is 4.90 Å². The van der Waals surface area contributed by atoms with Gasteiger partial charge in [0.25, 0.3) is 5.91 Å². The predicted octanol–water partition coefficient (Wildman–Crippen LogP) is 1.77. The second-order valence-corrected chi connectivity index (χ2v) is 6.17. The van der Waals surface area contributed by atoms with Crippen LogP contribution in [0.2, 0.25) is 0 Å². The van der Waals surface area contributed by atoms with Crippen LogP contribution in [0.3, 0.4) is 0 Å². The first-order valence-corrected chi connectivity index (χ1v) is 7.55. The number of furan rings is 1. The van der Waals surface area contributed by atoms with Gasteiger partial charge in [0, 0.05) is 19.2 Å². The van der Waals surface area contributed by atoms with Crippen LogP contribution in [-0.2, 0) is 9.53 Å². The maximum Gasteiger partial charge on any atom is 0.267 e. The molecule has 0 unspecified atom stereocenters. The molecule has 2 fully saturated rings. The summed E-state index contributed by atoms with van der Waals surface area (Å²) in [5.41, 5.74) is 0. The number of rotatable bonds is 3. The summed E-state index contributed by atoms with van der Waals surface area (Å²) in [5, 5.41) is 0. The van der Waals surface area contributed by atoms with Gasteiger partial charge in [-0.2, -0.15) is 0 Å². The van der Waals surface area contributed by atoms with Gasteiger partial charge in [-0.15, -0.1) is 0 Å². The molecule has 2 saturated heterocycles. The minimum absolute atomic E-state index is 0.0529. The molecule has 3 heterocycles. The lowest BCUT2D eigenvalue weighted by Crippen LogP contribution is -2.45. The zero-order chi connectivity index (χ0) is 13.9. The molecule has 2 aliphatic rings. The molecule has 0 saturated carbocycles. The van der Waals surface area contributed by atoms with E-state index >= 15 is 0 Å². The molecule has 7 heteroatoms. The highest BCUT2D eigenvalue weighted by Gasteiger charge is 2.33. The van der Waals surface area contributed by atoms with Crippen molar-refractivity contribution in [1.82, 2.24) is 9.80 Å². The molecule has 0 bridgehead atoms. The van der Waals surface area contributed by atoms with Crippen LogP contribution in [0.1, 0.15) is 5.76 Å². The Morgan fingerprint density at radius 3 is 2.90 bits per heavy atom. The van der Waals surface area contributed by atoms with E-state index in [0.717, 1.165) is 13.1 Å². The number of morpholine rings is 1. The zero-order valence-electron chi connectivity index (χ0n) is 10.8. The molecule has 0 spiro atoms. The van der Waals surface area contributed by atoms with E-state index in [1.807, 2.05) is 6.07 Å². The largest absolute Gasteiger partial charge is 0.465 e. The Balaban J connectivity index is 1.70. The molecule has 3 rings (SSSR count). The number of nitrogens with zero attached hydrogens (tertiary/aromatic N) is 2. The normalized spacial score (nSPS) is 23.0. The van der Waals surface area contributed by atoms with E-state index in [9.17, 15) is 4.79 Å². The van der Waals surface area contributed by atoms with Crippen LogP contribution in [0.5, 0.6) is 0 Å². The molecule has 0 aliphatic carbocycles. The Labute approximate surface area is 126 Å². The molecule has 2 aliphatic heterocycles. The van der Waals surface area contributed by atoms with E-state index in [1.54, 1.807) is 23.3 Å². The van der Waals surface area contributed by atoms with Crippen LogP contribution in [0, 0.1) is 0 Å². The van der Waals surface area contributed by atoms with Crippen LogP contribution >= 0.6 is 24.0 Å². The maximum atomic E-state index is 12.4. The number of hydrogen-bond donors (Lipinski definition) is 0. The molecule has 0 N–H and O–H groups in total. The van der Waals surface area contributed by atoms with Crippen molar-refractivity contribution in [3.63, 3.8) is 0 Å². The van der Waals surface area contributed by atoms with E-state index < -0.39 is 0 Å². The van der Waals surface area contributed by atoms with Crippen LogP contribution in [0.4, 0.5) is 0 Å². The summed E-state index contributed by atoms with van der Waals surface area (Å²) in [7, 11) is 0. The lowest BCUT2D eigenvalue weighted by Gasteiger charge is -2.29. The molecule has 0 atom stereocenters. The van der Waals surface area contributed by atoms with Crippen molar-refractivity contribution in [2.45, 2.75) is 0 Å². The SMILES string of the molecule is O=C1/C(=C\c2ccco2)SC(=S)N1CN1CCOCC1. The first-order valence-electron chi connectivity index (χ1n) is 6.33. The Bertz CT molecular complexity index is 536. The van der Waals surface area contributed by atoms with E-state index in [0.29, 0.717) is 34.9 Å². The Morgan fingerprint density at radius 2 is 2.20 bits per heavy atom. The Kier molecular flexibility index (Phi) is 4.21. The standard InChI is InChI=1S/C13H14N2O3S2/c16-12-11(8-10-2-1-5-18-10)20-13(19)15(12)9-14-3-6-17-7-4-14/h1-2,5,8H,3-4,6-7,9H2/b11-8+. The predicted molar refractivity (Wildman–Crippen MR) is 81.0 cm³/mol. The number of ether oxygens (including phenoxy) is 1. The van der Waals surface area contributed by atoms with Crippen molar-refractivity contribution < 1.29 is 13.9 Å². The van der Waals surface area contributed by atoms with Crippen molar-refractivity contribution in [3.05, 3.63) is 29.1 Å². The van der Waals surface area contributed by atoms with Gasteiger partial charge in [0.05, 0.1) is 31.1 Å². The van der Waals surface area contributed by atoms with Gasteiger partial charge in [-0.25, -0.2) is 0 Å². The zero-order valence-corrected chi connectivity index (χ0v) is 12.4. The minimum atomic E-state index is -0.0529. The van der Waals surface area contributed by atoms with Crippen molar-refractivity contribution in [1.29, 1.82) is 0 Å². The molecule has 1 aromatic rings. The molecular formula is C13H14N2O3S2. The van der Waals surface area contributed by atoms with Gasteiger partial charge in [-0.1, -0.05) is 24.0 Å². The maximum absolute atomic E-state index is 12.4. The van der Waals surface area contributed by atoms with E-state index in [1.165, 1.54) is 11.8 Å². The number of carbonyl (C=O) groups is 1. The van der Waals surface area contributed by atoms with Gasteiger partial charge in [0.15, 0.2) is 0 Å². The van der Waals surface area contributed by atoms with Crippen LogP contribution < -0.4 is 0 Å². The lowest BCUT2D eigenvalue weighted by atomic mass is 10.3. The summed E-state index contributed by atoms with van der Waals surface area (Å²) < 4.78 is 11.1. The molecule has 5 nitrogen and oxygen atoms in total. The number of thiocarbonyl (C=S) groups is 1. The third-order valence-corrected chi connectivity index (χ3v) is 4.51. The number of carbonyl (C=O) groups excluding carboxylic acids is 1. The lowest BCUT2D eigenvalue weighted by molar-refractivity contribution is -0.124. The third kappa shape index (κ3) is 2.95. The molecule has 0 radical (unpaired) electrons. The van der Waals surface area contributed by atoms with Crippen LogP contribution in [0.15, 0.2) is 27.7 Å². The molecule has 20 heavy (non-hydrogen) atoms. The summed E-state index contributed by atoms with van der Waals surface area (Å²) in [6.07, 6.45) is 3.32. The molecule has 106 valence electrons. The van der Waals surface area contributed by atoms with Crippen molar-refractivity contribution in [3.8, 4) is 0 Å². The quantitative estimate of drug-likeness (QED) is 0.626. The van der Waals surface area contributed by atoms with Crippen molar-refractivity contribution >= 4 is 40.3 Å². The Hall–Kier alpha value is -1.15. The fourth-order valence-corrected chi connectivity index (χ4v) is 3.29. The minimum Gasteiger partial charge on any atom is -0.465 e. The summed E-state index contributed by atoms with van der Waals surface area (Å²) in [5.74, 6) is 0.611. The summed E-state index contributed by atoms with van der Waals surface area (Å²) in [6, 6.07) is 3.61. The van der Waals surface area contributed by atoms with Crippen LogP contribution in [0.25, 0.3) is 6.08 Å². The monoisotopic (exact) mass is 310 g/mol. The fourth-order valence-electron chi connectivity index (χ4n) is 2.07. The van der Waals surface area contributed by atoms with Gasteiger partial charge < -0.3 is 9.15 Å². The van der Waals surface area contributed by atoms with Crippen LogP contribution in [-0.4, -0.2) is 53.0 Å². The average molecular weight is 310 g/mol. The van der Waals surface area contributed by atoms with Gasteiger partial charge in [0.2, 0.25) is 0 Å². The molecular weight excluding hydrogens is 296 g/mol. The highest BCUT2D eigenvalue weighted by atomic mass is 32.2. The first-order chi connectivity index (χ1) is 9.74. The second kappa shape index (κ2) is 6.09. The first kappa shape index (κ1) is 13.8. The van der Waals surface area contributed by atoms with Gasteiger partial charge in [-0.3, -0.25) is 14.6 Å². The van der Waals surface area contributed by atoms with Crippen molar-refractivity contribution in [2.75, 3.05) is 33.0 Å². The molecule has 1 aromatic heterocycles. The highest BCUT2D eigenvalue weighted by molar-refractivity contribution is 8.26. The smallest absolute Gasteiger partial charge is 0.267 e. The van der Waals surface area contributed by atoms with E-state index in [4.69, 9.17) is 21.4 Å². The highest BCUT2D eigenvalue weighted by Crippen LogP contribution is 2.32. The molecule has 0 aromatic carbocycles. The van der Waals surface area contributed by atoms with E-state index in [-0.39, 0.29) is 5.91 Å². The average Bonchev–Trinajstić information content (AvgIpc) is 3.05. The fraction of sp³-hybridized carbons (Fsp3) is 0.385. The number of hydrogen-bond acceptors (Lipinski definition) is 6. The van der Waals surface area contributed by atoms with Gasteiger partial charge >= 0.3 is 0 Å². The summed E-state index contributed by atoms with van der Waals surface area (Å²) in [4.78, 5) is 16.8. The topological polar surface area (TPSA) is 45.9 Å². The van der Waals surface area contributed by atoms with Crippen molar-refractivity contribution in [2.24, 2.45) is 0 Å². The molecule has 1 amide bonds. The number of amides is 1.